The molecule has 0 aliphatic carbocycles. The summed E-state index contributed by atoms with van der Waals surface area (Å²) in [6.07, 6.45) is -6.59. The number of hydrogen-bond acceptors (Lipinski definition) is 6. The fourth-order valence-corrected chi connectivity index (χ4v) is 1.86. The molecule has 0 spiro atoms. The molecule has 126 valence electrons. The van der Waals surface area contributed by atoms with Gasteiger partial charge in [-0.25, -0.2) is 10.2 Å². The quantitative estimate of drug-likeness (QED) is 0.641. The molecule has 0 saturated carbocycles. The Bertz CT molecular complexity index is 619. The van der Waals surface area contributed by atoms with Gasteiger partial charge in [-0.15, -0.1) is 0 Å². The van der Waals surface area contributed by atoms with Crippen molar-refractivity contribution in [3.63, 3.8) is 0 Å². The van der Waals surface area contributed by atoms with Crippen molar-refractivity contribution in [2.24, 2.45) is 5.10 Å². The molecule has 7 nitrogen and oxygen atoms in total. The number of aliphatic hydroxyl groups is 2. The molecule has 0 radical (unpaired) electrons. The lowest BCUT2D eigenvalue weighted by Crippen LogP contribution is -2.31. The summed E-state index contributed by atoms with van der Waals surface area (Å²) in [6, 6.07) is 3.43. The zero-order valence-electron chi connectivity index (χ0n) is 11.7. The van der Waals surface area contributed by atoms with E-state index in [1.54, 1.807) is 0 Å². The van der Waals surface area contributed by atoms with Crippen molar-refractivity contribution < 1.29 is 32.9 Å². The van der Waals surface area contributed by atoms with Gasteiger partial charge < -0.3 is 20.3 Å². The number of nitrogens with one attached hydrogen (secondary N) is 2. The molecule has 1 unspecified atom stereocenters. The molecular weight excluding hydrogens is 319 g/mol. The number of rotatable bonds is 5. The lowest BCUT2D eigenvalue weighted by molar-refractivity contribution is -0.137. The standard InChI is InChI=1S/C13H14F3N3O4/c14-13(15,16)9-3-7(11-6-23-12(22)19-18-11)1-2-10(9)17-4-8(21)5-20/h1-3,8,17,20-21H,4-6H2,(H,19,22). The maximum atomic E-state index is 13.2. The lowest BCUT2D eigenvalue weighted by atomic mass is 10.0. The highest BCUT2D eigenvalue weighted by Gasteiger charge is 2.34. The summed E-state index contributed by atoms with van der Waals surface area (Å²) in [5, 5.41) is 24.0. The molecule has 0 aromatic heterocycles. The van der Waals surface area contributed by atoms with E-state index in [4.69, 9.17) is 5.11 Å². The number of carbonyl (C=O) groups excluding carboxylic acids is 1. The van der Waals surface area contributed by atoms with Crippen LogP contribution in [-0.4, -0.2) is 47.9 Å². The molecule has 0 saturated heterocycles. The monoisotopic (exact) mass is 333 g/mol. The van der Waals surface area contributed by atoms with Crippen LogP contribution in [0.2, 0.25) is 0 Å². The first-order valence-electron chi connectivity index (χ1n) is 6.55. The Kier molecular flexibility index (Phi) is 5.06. The van der Waals surface area contributed by atoms with Crippen LogP contribution < -0.4 is 10.7 Å². The third kappa shape index (κ3) is 4.33. The van der Waals surface area contributed by atoms with Gasteiger partial charge in [0.2, 0.25) is 0 Å². The molecule has 10 heteroatoms. The van der Waals surface area contributed by atoms with Crippen LogP contribution in [0.5, 0.6) is 0 Å². The maximum absolute atomic E-state index is 13.2. The summed E-state index contributed by atoms with van der Waals surface area (Å²) in [6.45, 7) is -1.04. The predicted octanol–water partition coefficient (Wildman–Crippen LogP) is 0.914. The Labute approximate surface area is 128 Å². The van der Waals surface area contributed by atoms with E-state index in [1.165, 1.54) is 12.1 Å². The van der Waals surface area contributed by atoms with E-state index in [0.29, 0.717) is 0 Å². The number of benzene rings is 1. The van der Waals surface area contributed by atoms with E-state index in [1.807, 2.05) is 5.43 Å². The van der Waals surface area contributed by atoms with Gasteiger partial charge >= 0.3 is 12.3 Å². The average Bonchev–Trinajstić information content (AvgIpc) is 2.52. The first kappa shape index (κ1) is 17.0. The number of carbonyl (C=O) groups is 1. The summed E-state index contributed by atoms with van der Waals surface area (Å²) in [5.74, 6) is 0. The normalized spacial score (nSPS) is 16.2. The van der Waals surface area contributed by atoms with Crippen molar-refractivity contribution in [3.05, 3.63) is 29.3 Å². The van der Waals surface area contributed by atoms with Crippen LogP contribution in [0, 0.1) is 0 Å². The first-order chi connectivity index (χ1) is 10.8. The second-order valence-electron chi connectivity index (χ2n) is 4.72. The van der Waals surface area contributed by atoms with E-state index >= 15 is 0 Å². The van der Waals surface area contributed by atoms with Crippen molar-refractivity contribution in [1.82, 2.24) is 5.43 Å². The van der Waals surface area contributed by atoms with Crippen molar-refractivity contribution in [2.45, 2.75) is 12.3 Å². The number of alkyl halides is 3. The van der Waals surface area contributed by atoms with Crippen LogP contribution in [0.1, 0.15) is 11.1 Å². The minimum absolute atomic E-state index is 0.144. The van der Waals surface area contributed by atoms with E-state index < -0.39 is 30.5 Å². The zero-order chi connectivity index (χ0) is 17.0. The van der Waals surface area contributed by atoms with Crippen molar-refractivity contribution in [2.75, 3.05) is 25.1 Å². The molecule has 1 aliphatic heterocycles. The lowest BCUT2D eigenvalue weighted by Gasteiger charge is -2.19. The first-order valence-corrected chi connectivity index (χ1v) is 6.55. The van der Waals surface area contributed by atoms with Crippen LogP contribution >= 0.6 is 0 Å². The number of hydrazone groups is 1. The van der Waals surface area contributed by atoms with Crippen LogP contribution in [-0.2, 0) is 10.9 Å². The van der Waals surface area contributed by atoms with Gasteiger partial charge in [-0.3, -0.25) is 0 Å². The molecule has 1 aromatic rings. The fraction of sp³-hybridized carbons (Fsp3) is 0.385. The van der Waals surface area contributed by atoms with Gasteiger partial charge in [-0.1, -0.05) is 6.07 Å². The van der Waals surface area contributed by atoms with Crippen LogP contribution in [0.15, 0.2) is 23.3 Å². The molecule has 1 heterocycles. The molecule has 4 N–H and O–H groups in total. The maximum Gasteiger partial charge on any atom is 0.428 e. The van der Waals surface area contributed by atoms with Gasteiger partial charge in [0.15, 0.2) is 0 Å². The van der Waals surface area contributed by atoms with Gasteiger partial charge in [-0.2, -0.15) is 18.3 Å². The van der Waals surface area contributed by atoms with Gasteiger partial charge in [0.05, 0.1) is 18.3 Å². The summed E-state index contributed by atoms with van der Waals surface area (Å²) < 4.78 is 44.2. The molecule has 0 fully saturated rings. The topological polar surface area (TPSA) is 103 Å². The smallest absolute Gasteiger partial charge is 0.428 e. The second kappa shape index (κ2) is 6.84. The SMILES string of the molecule is O=C1NN=C(c2ccc(NCC(O)CO)c(C(F)(F)F)c2)CO1. The molecule has 0 bridgehead atoms. The largest absolute Gasteiger partial charge is 0.442 e. The van der Waals surface area contributed by atoms with Crippen molar-refractivity contribution in [1.29, 1.82) is 0 Å². The highest BCUT2D eigenvalue weighted by Crippen LogP contribution is 2.35. The third-order valence-electron chi connectivity index (χ3n) is 3.02. The number of hydrogen-bond donors (Lipinski definition) is 4. The van der Waals surface area contributed by atoms with E-state index in [9.17, 15) is 23.1 Å². The number of cyclic esters (lactones) is 1. The second-order valence-corrected chi connectivity index (χ2v) is 4.72. The summed E-state index contributed by atoms with van der Waals surface area (Å²) in [5.41, 5.74) is 1.12. The molecule has 1 aliphatic rings. The van der Waals surface area contributed by atoms with Gasteiger partial charge in [0, 0.05) is 17.8 Å². The van der Waals surface area contributed by atoms with Crippen molar-refractivity contribution >= 4 is 17.5 Å². The number of nitrogens with zero attached hydrogens (tertiary/aromatic N) is 1. The zero-order valence-corrected chi connectivity index (χ0v) is 11.7. The number of amides is 1. The van der Waals surface area contributed by atoms with Gasteiger partial charge in [0.1, 0.15) is 12.3 Å². The summed E-state index contributed by atoms with van der Waals surface area (Å²) in [4.78, 5) is 10.8. The Morgan fingerprint density at radius 3 is 2.74 bits per heavy atom. The summed E-state index contributed by atoms with van der Waals surface area (Å²) in [7, 11) is 0. The van der Waals surface area contributed by atoms with Gasteiger partial charge in [-0.05, 0) is 12.1 Å². The summed E-state index contributed by atoms with van der Waals surface area (Å²) >= 11 is 0. The van der Waals surface area contributed by atoms with Crippen LogP contribution in [0.25, 0.3) is 0 Å². The highest BCUT2D eigenvalue weighted by molar-refractivity contribution is 6.04. The number of ether oxygens (including phenoxy) is 1. The Balaban J connectivity index is 2.29. The highest BCUT2D eigenvalue weighted by atomic mass is 19.4. The minimum Gasteiger partial charge on any atom is -0.442 e. The number of halogens is 3. The number of anilines is 1. The molecule has 23 heavy (non-hydrogen) atoms. The Morgan fingerprint density at radius 2 is 2.17 bits per heavy atom. The van der Waals surface area contributed by atoms with E-state index in [0.717, 1.165) is 6.07 Å². The fourth-order valence-electron chi connectivity index (χ4n) is 1.86. The average molecular weight is 333 g/mol. The molecule has 1 aromatic carbocycles. The van der Waals surface area contributed by atoms with Crippen molar-refractivity contribution in [3.8, 4) is 0 Å². The minimum atomic E-state index is -4.64. The predicted molar refractivity (Wildman–Crippen MR) is 74.0 cm³/mol. The molecule has 1 atom stereocenters. The third-order valence-corrected chi connectivity index (χ3v) is 3.02. The van der Waals surface area contributed by atoms with E-state index in [-0.39, 0.29) is 30.1 Å². The van der Waals surface area contributed by atoms with Gasteiger partial charge in [0.25, 0.3) is 0 Å². The van der Waals surface area contributed by atoms with Crippen LogP contribution in [0.3, 0.4) is 0 Å². The number of aliphatic hydroxyl groups excluding tert-OH is 2. The molecule has 2 rings (SSSR count). The Hall–Kier alpha value is -2.33. The molecular formula is C13H14F3N3O4. The van der Waals surface area contributed by atoms with Crippen LogP contribution in [0.4, 0.5) is 23.7 Å². The van der Waals surface area contributed by atoms with E-state index in [2.05, 4.69) is 15.2 Å². The molecule has 1 amide bonds. The Morgan fingerprint density at radius 1 is 1.43 bits per heavy atom.